The topological polar surface area (TPSA) is 49.3 Å². The molecule has 1 rings (SSSR count). The highest BCUT2D eigenvalue weighted by atomic mass is 79.9. The van der Waals surface area contributed by atoms with Crippen molar-refractivity contribution in [1.82, 2.24) is 4.57 Å². The van der Waals surface area contributed by atoms with E-state index in [9.17, 15) is 0 Å². The molecule has 0 radical (unpaired) electrons. The molecule has 4 nitrogen and oxygen atoms in total. The summed E-state index contributed by atoms with van der Waals surface area (Å²) in [5.41, 5.74) is 0. The van der Waals surface area contributed by atoms with Crippen LogP contribution < -0.4 is 21.5 Å². The molecule has 5 heteroatoms. The van der Waals surface area contributed by atoms with Gasteiger partial charge >= 0.3 is 0 Å². The van der Waals surface area contributed by atoms with Crippen molar-refractivity contribution in [2.45, 2.75) is 123 Å². The molecule has 0 aromatic carbocycles. The number of hydrogen-bond acceptors (Lipinski definition) is 2. The van der Waals surface area contributed by atoms with Crippen LogP contribution in [0, 0.1) is 0 Å². The second kappa shape index (κ2) is 18.9. The summed E-state index contributed by atoms with van der Waals surface area (Å²) in [5.74, 6) is 0. The Bertz CT molecular complexity index is 424. The largest absolute Gasteiger partial charge is 1.00 e. The third-order valence-electron chi connectivity index (χ3n) is 5.16. The first-order valence-electron chi connectivity index (χ1n) is 11.1. The van der Waals surface area contributed by atoms with E-state index in [-0.39, 0.29) is 17.0 Å². The number of nitrogens with zero attached hydrogens (tertiary/aromatic N) is 2. The predicted molar refractivity (Wildman–Crippen MR) is 108 cm³/mol. The first-order chi connectivity index (χ1) is 12.7. The molecule has 0 aliphatic heterocycles. The van der Waals surface area contributed by atoms with Gasteiger partial charge in [-0.1, -0.05) is 84.0 Å². The van der Waals surface area contributed by atoms with Crippen molar-refractivity contribution in [3.05, 3.63) is 18.7 Å². The molecule has 0 aliphatic carbocycles. The van der Waals surface area contributed by atoms with Crippen molar-refractivity contribution in [3.63, 3.8) is 0 Å². The van der Waals surface area contributed by atoms with Crippen LogP contribution in [0.2, 0.25) is 0 Å². The van der Waals surface area contributed by atoms with Gasteiger partial charge in [-0.05, 0) is 12.8 Å². The van der Waals surface area contributed by atoms with E-state index < -0.39 is 6.29 Å². The van der Waals surface area contributed by atoms with Crippen LogP contribution in [0.4, 0.5) is 0 Å². The fraction of sp³-hybridized carbons (Fsp3) is 0.864. The van der Waals surface area contributed by atoms with E-state index in [1.807, 2.05) is 10.8 Å². The van der Waals surface area contributed by atoms with Crippen LogP contribution in [-0.2, 0) is 13.1 Å². The van der Waals surface area contributed by atoms with Crippen molar-refractivity contribution < 1.29 is 31.8 Å². The highest BCUT2D eigenvalue weighted by molar-refractivity contribution is 4.66. The van der Waals surface area contributed by atoms with Crippen molar-refractivity contribution in [3.8, 4) is 0 Å². The molecule has 0 spiro atoms. The maximum atomic E-state index is 8.90. The van der Waals surface area contributed by atoms with Crippen LogP contribution in [0.15, 0.2) is 18.7 Å². The number of imidazole rings is 1. The second-order valence-electron chi connectivity index (χ2n) is 7.75. The average molecular weight is 448 g/mol. The Morgan fingerprint density at radius 1 is 0.778 bits per heavy atom. The van der Waals surface area contributed by atoms with Crippen molar-refractivity contribution in [2.24, 2.45) is 0 Å². The van der Waals surface area contributed by atoms with E-state index in [4.69, 9.17) is 10.2 Å². The molecule has 0 saturated heterocycles. The molecular formula is C22H43BrN2O2. The quantitative estimate of drug-likeness (QED) is 0.205. The fourth-order valence-electron chi connectivity index (χ4n) is 3.46. The molecule has 2 N–H and O–H groups in total. The van der Waals surface area contributed by atoms with Crippen LogP contribution in [0.3, 0.4) is 0 Å². The standard InChI is InChI=1S/C22H43N2O2.BrH/c1-2-3-4-5-6-7-8-9-10-11-12-13-14-15-17-23-19-20-24(21-23)18-16-22(25)26;/h19-22,25-26H,2-18H2,1H3;1H/q+1;/p-1. The minimum atomic E-state index is -1.21. The van der Waals surface area contributed by atoms with Crippen LogP contribution >= 0.6 is 0 Å². The van der Waals surface area contributed by atoms with E-state index >= 15 is 0 Å². The van der Waals surface area contributed by atoms with Gasteiger partial charge < -0.3 is 27.2 Å². The minimum Gasteiger partial charge on any atom is -1.00 e. The van der Waals surface area contributed by atoms with Crippen LogP contribution in [0.25, 0.3) is 0 Å². The van der Waals surface area contributed by atoms with Gasteiger partial charge in [0, 0.05) is 6.42 Å². The third-order valence-corrected chi connectivity index (χ3v) is 5.16. The van der Waals surface area contributed by atoms with Crippen LogP contribution in [-0.4, -0.2) is 21.1 Å². The summed E-state index contributed by atoms with van der Waals surface area (Å²) < 4.78 is 4.22. The van der Waals surface area contributed by atoms with Gasteiger partial charge in [-0.3, -0.25) is 0 Å². The molecule has 1 aromatic rings. The van der Waals surface area contributed by atoms with Gasteiger partial charge in [-0.25, -0.2) is 9.13 Å². The Kier molecular flexibility index (Phi) is 18.7. The van der Waals surface area contributed by atoms with Crippen LogP contribution in [0.5, 0.6) is 0 Å². The van der Waals surface area contributed by atoms with Gasteiger partial charge in [0.2, 0.25) is 6.33 Å². The number of rotatable bonds is 18. The van der Waals surface area contributed by atoms with Gasteiger partial charge in [0.05, 0.1) is 13.1 Å². The molecule has 1 heterocycles. The predicted octanol–water partition coefficient (Wildman–Crippen LogP) is 1.96. The van der Waals surface area contributed by atoms with Crippen LogP contribution in [0.1, 0.15) is 103 Å². The smallest absolute Gasteiger partial charge is 0.243 e. The van der Waals surface area contributed by atoms with Crippen molar-refractivity contribution in [2.75, 3.05) is 0 Å². The van der Waals surface area contributed by atoms with E-state index in [0.717, 1.165) is 6.54 Å². The van der Waals surface area contributed by atoms with Gasteiger partial charge in [0.25, 0.3) is 0 Å². The SMILES string of the molecule is CCCCCCCCCCCCCCCC[n+]1ccn(CCC(O)O)c1.[Br-]. The molecule has 0 fully saturated rings. The van der Waals surface area contributed by atoms with Gasteiger partial charge in [-0.15, -0.1) is 0 Å². The molecule has 0 amide bonds. The number of unbranched alkanes of at least 4 members (excludes halogenated alkanes) is 13. The fourth-order valence-corrected chi connectivity index (χ4v) is 3.46. The highest BCUT2D eigenvalue weighted by Gasteiger charge is 2.05. The maximum absolute atomic E-state index is 8.90. The van der Waals surface area contributed by atoms with E-state index in [2.05, 4.69) is 24.0 Å². The highest BCUT2D eigenvalue weighted by Crippen LogP contribution is 2.12. The Hall–Kier alpha value is -0.390. The lowest BCUT2D eigenvalue weighted by Gasteiger charge is -2.03. The summed E-state index contributed by atoms with van der Waals surface area (Å²) in [6.45, 7) is 4.00. The lowest BCUT2D eigenvalue weighted by atomic mass is 10.0. The molecule has 0 aliphatic rings. The van der Waals surface area contributed by atoms with Gasteiger partial charge in [0.1, 0.15) is 12.4 Å². The molecule has 0 bridgehead atoms. The summed E-state index contributed by atoms with van der Waals surface area (Å²) in [6.07, 6.45) is 24.8. The normalized spacial score (nSPS) is 11.1. The number of aryl methyl sites for hydroxylation is 2. The summed E-state index contributed by atoms with van der Waals surface area (Å²) in [7, 11) is 0. The first kappa shape index (κ1) is 26.6. The van der Waals surface area contributed by atoms with E-state index in [1.165, 1.54) is 89.9 Å². The zero-order valence-corrected chi connectivity index (χ0v) is 19.1. The van der Waals surface area contributed by atoms with E-state index in [1.54, 1.807) is 0 Å². The summed E-state index contributed by atoms with van der Waals surface area (Å²) in [5, 5.41) is 17.8. The van der Waals surface area contributed by atoms with Gasteiger partial charge in [0.15, 0.2) is 6.29 Å². The first-order valence-corrected chi connectivity index (χ1v) is 11.1. The summed E-state index contributed by atoms with van der Waals surface area (Å²) in [6, 6.07) is 0. The Balaban J connectivity index is 0.00000676. The maximum Gasteiger partial charge on any atom is 0.243 e. The van der Waals surface area contributed by atoms with Crippen molar-refractivity contribution in [1.29, 1.82) is 0 Å². The zero-order valence-electron chi connectivity index (χ0n) is 17.5. The summed E-state index contributed by atoms with van der Waals surface area (Å²) >= 11 is 0. The van der Waals surface area contributed by atoms with E-state index in [0.29, 0.717) is 13.0 Å². The van der Waals surface area contributed by atoms with Gasteiger partial charge in [-0.2, -0.15) is 0 Å². The third kappa shape index (κ3) is 16.3. The number of aliphatic hydroxyl groups is 2. The monoisotopic (exact) mass is 446 g/mol. The number of aromatic nitrogens is 2. The molecule has 1 aromatic heterocycles. The number of hydrogen-bond donors (Lipinski definition) is 2. The Morgan fingerprint density at radius 3 is 1.74 bits per heavy atom. The molecule has 27 heavy (non-hydrogen) atoms. The summed E-state index contributed by atoms with van der Waals surface area (Å²) in [4.78, 5) is 0. The molecular weight excluding hydrogens is 404 g/mol. The number of halogens is 1. The Labute approximate surface area is 177 Å². The average Bonchev–Trinajstić information content (AvgIpc) is 3.08. The second-order valence-corrected chi connectivity index (χ2v) is 7.75. The molecule has 0 unspecified atom stereocenters. The minimum absolute atomic E-state index is 0. The lowest BCUT2D eigenvalue weighted by molar-refractivity contribution is -0.696. The molecule has 160 valence electrons. The number of aliphatic hydroxyl groups excluding tert-OH is 1. The zero-order chi connectivity index (χ0) is 18.9. The molecule has 0 saturated carbocycles. The lowest BCUT2D eigenvalue weighted by Crippen LogP contribution is -3.00. The van der Waals surface area contributed by atoms with Crippen molar-refractivity contribution >= 4 is 0 Å². The molecule has 0 atom stereocenters. The Morgan fingerprint density at radius 2 is 1.26 bits per heavy atom.